The predicted octanol–water partition coefficient (Wildman–Crippen LogP) is 3.42. The molecule has 0 amide bonds. The van der Waals surface area contributed by atoms with Crippen molar-refractivity contribution in [3.8, 4) is 0 Å². The highest BCUT2D eigenvalue weighted by atomic mass is 16.6. The third-order valence-corrected chi connectivity index (χ3v) is 8.62. The highest BCUT2D eigenvalue weighted by molar-refractivity contribution is 5.69. The zero-order valence-electron chi connectivity index (χ0n) is 23.1. The SMILES string of the molecule is C=C1[C@@H]2[C@H](OC(C)=O)[C@@H]3C[C@H](OC(C)=O)C(C)=C([C@@H](OC(C)=O)[C@H](OC(C)=O)[C@]2(C)CC[C@@H]1O)C3(C)C. The van der Waals surface area contributed by atoms with Crippen LogP contribution in [0.5, 0.6) is 0 Å². The first-order valence-electron chi connectivity index (χ1n) is 12.8. The fraction of sp³-hybridized carbons (Fsp3) is 0.714. The van der Waals surface area contributed by atoms with E-state index in [-0.39, 0.29) is 0 Å². The number of aliphatic hydroxyl groups excluding tert-OH is 1. The van der Waals surface area contributed by atoms with Crippen molar-refractivity contribution in [3.05, 3.63) is 23.3 Å². The maximum atomic E-state index is 12.5. The van der Waals surface area contributed by atoms with Crippen LogP contribution in [0.1, 0.15) is 74.7 Å². The molecule has 3 rings (SSSR count). The van der Waals surface area contributed by atoms with Gasteiger partial charge in [-0.3, -0.25) is 19.2 Å². The lowest BCUT2D eigenvalue weighted by atomic mass is 9.49. The van der Waals surface area contributed by atoms with Gasteiger partial charge in [-0.05, 0) is 48.3 Å². The van der Waals surface area contributed by atoms with Crippen LogP contribution < -0.4 is 0 Å². The molecule has 2 fully saturated rings. The first kappa shape index (κ1) is 28.9. The van der Waals surface area contributed by atoms with Crippen molar-refractivity contribution in [2.24, 2.45) is 22.7 Å². The molecule has 1 N–H and O–H groups in total. The van der Waals surface area contributed by atoms with Crippen LogP contribution in [-0.2, 0) is 38.1 Å². The second kappa shape index (κ2) is 10.2. The minimum atomic E-state index is -0.994. The van der Waals surface area contributed by atoms with Gasteiger partial charge in [0.2, 0.25) is 0 Å². The number of fused-ring (bicyclic) bond motifs is 3. The van der Waals surface area contributed by atoms with E-state index in [0.29, 0.717) is 36.0 Å². The molecular weight excluding hydrogens is 480 g/mol. The van der Waals surface area contributed by atoms with E-state index in [4.69, 9.17) is 18.9 Å². The molecule has 9 heteroatoms. The molecule has 0 heterocycles. The number of carbonyl (C=O) groups excluding carboxylic acids is 4. The van der Waals surface area contributed by atoms with Crippen molar-refractivity contribution in [2.75, 3.05) is 0 Å². The van der Waals surface area contributed by atoms with Gasteiger partial charge in [0, 0.05) is 44.9 Å². The van der Waals surface area contributed by atoms with E-state index in [1.165, 1.54) is 27.7 Å². The Labute approximate surface area is 218 Å². The number of aliphatic hydroxyl groups is 1. The van der Waals surface area contributed by atoms with Crippen LogP contribution in [0.25, 0.3) is 0 Å². The van der Waals surface area contributed by atoms with Crippen LogP contribution >= 0.6 is 0 Å². The zero-order valence-corrected chi connectivity index (χ0v) is 23.1. The van der Waals surface area contributed by atoms with E-state index in [1.807, 2.05) is 27.7 Å². The largest absolute Gasteiger partial charge is 0.462 e. The summed E-state index contributed by atoms with van der Waals surface area (Å²) in [6.45, 7) is 17.1. The van der Waals surface area contributed by atoms with E-state index >= 15 is 0 Å². The maximum Gasteiger partial charge on any atom is 0.303 e. The lowest BCUT2D eigenvalue weighted by Crippen LogP contribution is -2.64. The molecule has 0 aromatic heterocycles. The number of esters is 4. The van der Waals surface area contributed by atoms with Gasteiger partial charge in [-0.15, -0.1) is 0 Å². The summed E-state index contributed by atoms with van der Waals surface area (Å²) in [5.41, 5.74) is 0.191. The van der Waals surface area contributed by atoms with Crippen molar-refractivity contribution in [2.45, 2.75) is 105 Å². The minimum absolute atomic E-state index is 0.348. The van der Waals surface area contributed by atoms with Crippen molar-refractivity contribution < 1.29 is 43.2 Å². The van der Waals surface area contributed by atoms with Gasteiger partial charge in [-0.2, -0.15) is 0 Å². The normalized spacial score (nSPS) is 36.9. The lowest BCUT2D eigenvalue weighted by molar-refractivity contribution is -0.203. The number of rotatable bonds is 4. The third-order valence-electron chi connectivity index (χ3n) is 8.62. The number of hydrogen-bond acceptors (Lipinski definition) is 9. The maximum absolute atomic E-state index is 12.5. The van der Waals surface area contributed by atoms with E-state index in [1.54, 1.807) is 0 Å². The summed E-state index contributed by atoms with van der Waals surface area (Å²) in [5.74, 6) is -3.15. The van der Waals surface area contributed by atoms with Gasteiger partial charge in [0.25, 0.3) is 0 Å². The summed E-state index contributed by atoms with van der Waals surface area (Å²) in [5, 5.41) is 10.9. The van der Waals surface area contributed by atoms with Crippen LogP contribution in [0, 0.1) is 22.7 Å². The monoisotopic (exact) mass is 520 g/mol. The molecule has 0 saturated heterocycles. The van der Waals surface area contributed by atoms with Gasteiger partial charge in [0.1, 0.15) is 18.3 Å². The average molecular weight is 521 g/mol. The van der Waals surface area contributed by atoms with Crippen molar-refractivity contribution >= 4 is 23.9 Å². The number of carbonyl (C=O) groups is 4. The molecule has 3 aliphatic carbocycles. The summed E-state index contributed by atoms with van der Waals surface area (Å²) < 4.78 is 23.7. The highest BCUT2D eigenvalue weighted by Gasteiger charge is 2.64. The molecule has 206 valence electrons. The van der Waals surface area contributed by atoms with Gasteiger partial charge in [0.15, 0.2) is 6.10 Å². The molecule has 0 aromatic carbocycles. The second-order valence-electron chi connectivity index (χ2n) is 11.5. The van der Waals surface area contributed by atoms with Crippen molar-refractivity contribution in [1.82, 2.24) is 0 Å². The van der Waals surface area contributed by atoms with Gasteiger partial charge in [-0.25, -0.2) is 0 Å². The number of hydrogen-bond donors (Lipinski definition) is 1. The molecule has 0 radical (unpaired) electrons. The summed E-state index contributed by atoms with van der Waals surface area (Å²) in [4.78, 5) is 49.5. The van der Waals surface area contributed by atoms with Crippen molar-refractivity contribution in [3.63, 3.8) is 0 Å². The summed E-state index contributed by atoms with van der Waals surface area (Å²) >= 11 is 0. The molecule has 0 aromatic rings. The van der Waals surface area contributed by atoms with E-state index in [9.17, 15) is 24.3 Å². The molecule has 0 unspecified atom stereocenters. The first-order valence-corrected chi connectivity index (χ1v) is 12.8. The Hall–Kier alpha value is -2.68. The molecule has 0 aliphatic heterocycles. The van der Waals surface area contributed by atoms with Crippen LogP contribution in [-0.4, -0.2) is 59.5 Å². The Morgan fingerprint density at radius 2 is 1.43 bits per heavy atom. The predicted molar refractivity (Wildman–Crippen MR) is 133 cm³/mol. The topological polar surface area (TPSA) is 125 Å². The fourth-order valence-electron chi connectivity index (χ4n) is 7.13. The van der Waals surface area contributed by atoms with Crippen molar-refractivity contribution in [1.29, 1.82) is 0 Å². The zero-order chi connectivity index (χ0) is 28.0. The lowest BCUT2D eigenvalue weighted by Gasteiger charge is -2.60. The molecule has 37 heavy (non-hydrogen) atoms. The molecular formula is C28H40O9. The highest BCUT2D eigenvalue weighted by Crippen LogP contribution is 2.61. The van der Waals surface area contributed by atoms with E-state index in [2.05, 4.69) is 6.58 Å². The van der Waals surface area contributed by atoms with Gasteiger partial charge < -0.3 is 24.1 Å². The van der Waals surface area contributed by atoms with Gasteiger partial charge >= 0.3 is 23.9 Å². The molecule has 2 saturated carbocycles. The summed E-state index contributed by atoms with van der Waals surface area (Å²) in [7, 11) is 0. The molecule has 3 aliphatic rings. The van der Waals surface area contributed by atoms with E-state index < -0.39 is 77.1 Å². The van der Waals surface area contributed by atoms with Gasteiger partial charge in [0.05, 0.1) is 6.10 Å². The fourth-order valence-corrected chi connectivity index (χ4v) is 7.13. The Morgan fingerprint density at radius 1 is 0.892 bits per heavy atom. The molecule has 8 atom stereocenters. The quantitative estimate of drug-likeness (QED) is 0.337. The molecule has 9 nitrogen and oxygen atoms in total. The Bertz CT molecular complexity index is 1020. The smallest absolute Gasteiger partial charge is 0.303 e. The summed E-state index contributed by atoms with van der Waals surface area (Å²) in [6, 6.07) is 0. The van der Waals surface area contributed by atoms with Crippen LogP contribution in [0.4, 0.5) is 0 Å². The standard InChI is InChI=1S/C28H40O9/c1-13-20(33)10-11-28(9)23(13)24(35-16(4)30)19-12-21(34-15(3)29)14(2)22(27(19,7)8)25(36-17(5)31)26(28)37-18(6)32/h19-21,23-26,33H,1,10-12H2,2-9H3/t19-,20-,21-,23+,24+,25+,26-,28+/m0/s1. The van der Waals surface area contributed by atoms with Crippen LogP contribution in [0.2, 0.25) is 0 Å². The van der Waals surface area contributed by atoms with Gasteiger partial charge in [-0.1, -0.05) is 27.4 Å². The Kier molecular flexibility index (Phi) is 7.99. The molecule has 0 spiro atoms. The minimum Gasteiger partial charge on any atom is -0.462 e. The Morgan fingerprint density at radius 3 is 1.95 bits per heavy atom. The number of ether oxygens (including phenoxy) is 4. The van der Waals surface area contributed by atoms with Crippen LogP contribution in [0.3, 0.4) is 0 Å². The second-order valence-corrected chi connectivity index (χ2v) is 11.5. The Balaban J connectivity index is 2.43. The average Bonchev–Trinajstić information content (AvgIpc) is 2.74. The first-order chi connectivity index (χ1) is 17.0. The van der Waals surface area contributed by atoms with E-state index in [0.717, 1.165) is 0 Å². The van der Waals surface area contributed by atoms with Crippen LogP contribution in [0.15, 0.2) is 23.3 Å². The third kappa shape index (κ3) is 5.19. The summed E-state index contributed by atoms with van der Waals surface area (Å²) in [6.07, 6.45) is -3.19. The molecule has 2 bridgehead atoms.